The molecule has 0 N–H and O–H groups in total. The van der Waals surface area contributed by atoms with Crippen molar-refractivity contribution in [2.75, 3.05) is 13.1 Å². The van der Waals surface area contributed by atoms with Gasteiger partial charge in [0.15, 0.2) is 0 Å². The zero-order chi connectivity index (χ0) is 20.4. The van der Waals surface area contributed by atoms with E-state index in [1.807, 2.05) is 25.1 Å². The number of piperidine rings is 1. The number of para-hydroxylation sites is 2. The van der Waals surface area contributed by atoms with E-state index < -0.39 is 0 Å². The summed E-state index contributed by atoms with van der Waals surface area (Å²) in [4.78, 5) is 14.4. The number of nitrogens with zero attached hydrogens (tertiary/aromatic N) is 2. The lowest BCUT2D eigenvalue weighted by atomic mass is 9.92. The van der Waals surface area contributed by atoms with Gasteiger partial charge in [-0.2, -0.15) is 0 Å². The van der Waals surface area contributed by atoms with E-state index in [1.165, 1.54) is 33.3 Å². The number of carbonyl (C=O) groups is 1. The minimum atomic E-state index is -0.295. The van der Waals surface area contributed by atoms with Crippen LogP contribution in [0.3, 0.4) is 0 Å². The van der Waals surface area contributed by atoms with Gasteiger partial charge in [-0.1, -0.05) is 42.5 Å². The van der Waals surface area contributed by atoms with Gasteiger partial charge in [-0.3, -0.25) is 0 Å². The monoisotopic (exact) mass is 386 g/mol. The lowest BCUT2D eigenvalue weighted by molar-refractivity contribution is 0.154. The van der Waals surface area contributed by atoms with Gasteiger partial charge in [0.2, 0.25) is 0 Å². The first-order valence-corrected chi connectivity index (χ1v) is 10.0. The summed E-state index contributed by atoms with van der Waals surface area (Å²) in [5.41, 5.74) is 6.23. The third-order valence-electron chi connectivity index (χ3n) is 5.72. The van der Waals surface area contributed by atoms with Crippen molar-refractivity contribution in [1.82, 2.24) is 9.47 Å². The van der Waals surface area contributed by atoms with Crippen molar-refractivity contribution in [3.63, 3.8) is 0 Å². The zero-order valence-electron chi connectivity index (χ0n) is 17.2. The van der Waals surface area contributed by atoms with Crippen LogP contribution in [0.2, 0.25) is 0 Å². The number of ether oxygens (including phenoxy) is 1. The molecule has 3 aromatic rings. The number of aryl methyl sites for hydroxylation is 1. The number of aromatic nitrogens is 1. The highest BCUT2D eigenvalue weighted by molar-refractivity contribution is 5.86. The van der Waals surface area contributed by atoms with Crippen LogP contribution in [0.4, 0.5) is 4.79 Å². The van der Waals surface area contributed by atoms with Gasteiger partial charge in [-0.25, -0.2) is 4.79 Å². The Morgan fingerprint density at radius 2 is 1.79 bits per heavy atom. The number of rotatable bonds is 2. The molecule has 1 aliphatic heterocycles. The van der Waals surface area contributed by atoms with Gasteiger partial charge in [0.05, 0.1) is 0 Å². The molecule has 4 nitrogen and oxygen atoms in total. The Morgan fingerprint density at radius 1 is 1.07 bits per heavy atom. The number of carbonyl (C=O) groups excluding carboxylic acids is 1. The molecule has 1 amide bonds. The fourth-order valence-electron chi connectivity index (χ4n) is 4.09. The first kappa shape index (κ1) is 19.1. The van der Waals surface area contributed by atoms with Crippen molar-refractivity contribution in [3.8, 4) is 5.75 Å². The molecule has 0 aliphatic carbocycles. The maximum atomic E-state index is 12.6. The second kappa shape index (κ2) is 8.00. The fraction of sp³-hybridized carbons (Fsp3) is 0.240. The van der Waals surface area contributed by atoms with Crippen molar-refractivity contribution in [2.24, 2.45) is 7.05 Å². The molecule has 2 heterocycles. The van der Waals surface area contributed by atoms with Crippen LogP contribution >= 0.6 is 0 Å². The van der Waals surface area contributed by atoms with Crippen LogP contribution in [-0.4, -0.2) is 28.6 Å². The van der Waals surface area contributed by atoms with Crippen LogP contribution < -0.4 is 4.74 Å². The number of allylic oxidation sites excluding steroid dienone is 2. The molecule has 4 rings (SSSR count). The number of amides is 1. The van der Waals surface area contributed by atoms with E-state index in [1.54, 1.807) is 17.0 Å². The summed E-state index contributed by atoms with van der Waals surface area (Å²) in [6.45, 7) is 5.44. The average molecular weight is 386 g/mol. The van der Waals surface area contributed by atoms with E-state index in [2.05, 4.69) is 54.9 Å². The molecule has 0 unspecified atom stereocenters. The minimum absolute atomic E-state index is 0.295. The van der Waals surface area contributed by atoms with Gasteiger partial charge in [0.1, 0.15) is 5.75 Å². The Morgan fingerprint density at radius 3 is 2.52 bits per heavy atom. The van der Waals surface area contributed by atoms with Crippen LogP contribution in [0.15, 0.2) is 77.9 Å². The standard InChI is InChI=1S/C25H26N2O2/c1-4-19-17-27(25(28)29-21-11-6-5-7-12-21)15-14-22(19)18(2)24-16-20-10-8-9-13-23(20)26(24)3/h4-13,16H,14-15,17H2,1-3H3/b19-4+,22-18+. The number of benzene rings is 2. The molecule has 0 bridgehead atoms. The van der Waals surface area contributed by atoms with E-state index in [-0.39, 0.29) is 6.09 Å². The fourth-order valence-corrected chi connectivity index (χ4v) is 4.09. The van der Waals surface area contributed by atoms with Gasteiger partial charge < -0.3 is 14.2 Å². The molecule has 1 fully saturated rings. The summed E-state index contributed by atoms with van der Waals surface area (Å²) >= 11 is 0. The summed E-state index contributed by atoms with van der Waals surface area (Å²) in [5, 5.41) is 1.25. The number of hydrogen-bond donors (Lipinski definition) is 0. The number of likely N-dealkylation sites (tertiary alicyclic amines) is 1. The summed E-state index contributed by atoms with van der Waals surface area (Å²) in [6.07, 6.45) is 2.64. The topological polar surface area (TPSA) is 34.5 Å². The molecule has 4 heteroatoms. The third-order valence-corrected chi connectivity index (χ3v) is 5.72. The van der Waals surface area contributed by atoms with E-state index in [0.717, 1.165) is 6.42 Å². The highest BCUT2D eigenvalue weighted by atomic mass is 16.6. The molecule has 29 heavy (non-hydrogen) atoms. The van der Waals surface area contributed by atoms with Crippen molar-refractivity contribution in [3.05, 3.63) is 83.6 Å². The van der Waals surface area contributed by atoms with E-state index in [9.17, 15) is 4.79 Å². The lowest BCUT2D eigenvalue weighted by Crippen LogP contribution is -2.39. The predicted octanol–water partition coefficient (Wildman–Crippen LogP) is 5.80. The Kier molecular flexibility index (Phi) is 5.26. The van der Waals surface area contributed by atoms with Crippen molar-refractivity contribution in [1.29, 1.82) is 0 Å². The lowest BCUT2D eigenvalue weighted by Gasteiger charge is -2.31. The second-order valence-corrected chi connectivity index (χ2v) is 7.42. The molecule has 1 saturated heterocycles. The van der Waals surface area contributed by atoms with Crippen molar-refractivity contribution >= 4 is 22.6 Å². The maximum Gasteiger partial charge on any atom is 0.415 e. The first-order chi connectivity index (χ1) is 14.1. The molecule has 0 saturated carbocycles. The molecule has 0 spiro atoms. The SMILES string of the molecule is C/C=C1\CN(C(=O)Oc2ccccc2)CC\C1=C(\C)c1cc2ccccc2n1C. The summed E-state index contributed by atoms with van der Waals surface area (Å²) in [6, 6.07) is 19.9. The molecule has 2 aromatic carbocycles. The smallest absolute Gasteiger partial charge is 0.410 e. The van der Waals surface area contributed by atoms with E-state index in [4.69, 9.17) is 4.74 Å². The van der Waals surface area contributed by atoms with Gasteiger partial charge in [-0.15, -0.1) is 0 Å². The van der Waals surface area contributed by atoms with E-state index in [0.29, 0.717) is 18.8 Å². The maximum absolute atomic E-state index is 12.6. The first-order valence-electron chi connectivity index (χ1n) is 10.0. The summed E-state index contributed by atoms with van der Waals surface area (Å²) in [5.74, 6) is 0.576. The van der Waals surface area contributed by atoms with Crippen LogP contribution in [0.5, 0.6) is 5.75 Å². The van der Waals surface area contributed by atoms with Crippen LogP contribution in [0.25, 0.3) is 16.5 Å². The highest BCUT2D eigenvalue weighted by Gasteiger charge is 2.25. The minimum Gasteiger partial charge on any atom is -0.410 e. The molecule has 1 aromatic heterocycles. The number of hydrogen-bond acceptors (Lipinski definition) is 2. The Labute approximate surface area is 171 Å². The summed E-state index contributed by atoms with van der Waals surface area (Å²) in [7, 11) is 2.11. The van der Waals surface area contributed by atoms with Crippen LogP contribution in [0, 0.1) is 0 Å². The third kappa shape index (κ3) is 3.70. The second-order valence-electron chi connectivity index (χ2n) is 7.42. The van der Waals surface area contributed by atoms with Crippen LogP contribution in [0.1, 0.15) is 26.0 Å². The quantitative estimate of drug-likeness (QED) is 0.558. The molecular formula is C25H26N2O2. The van der Waals surface area contributed by atoms with Gasteiger partial charge in [0.25, 0.3) is 0 Å². The summed E-state index contributed by atoms with van der Waals surface area (Å²) < 4.78 is 7.78. The molecule has 0 atom stereocenters. The van der Waals surface area contributed by atoms with Crippen LogP contribution in [-0.2, 0) is 7.05 Å². The Hall–Kier alpha value is -3.27. The van der Waals surface area contributed by atoms with Gasteiger partial charge in [-0.05, 0) is 61.3 Å². The molecule has 0 radical (unpaired) electrons. The largest absolute Gasteiger partial charge is 0.415 e. The molecule has 1 aliphatic rings. The zero-order valence-corrected chi connectivity index (χ0v) is 17.2. The van der Waals surface area contributed by atoms with Crippen molar-refractivity contribution < 1.29 is 9.53 Å². The molecule has 148 valence electrons. The Bertz CT molecular complexity index is 1110. The van der Waals surface area contributed by atoms with Crippen molar-refractivity contribution in [2.45, 2.75) is 20.3 Å². The molecular weight excluding hydrogens is 360 g/mol. The normalized spacial score (nSPS) is 17.6. The highest BCUT2D eigenvalue weighted by Crippen LogP contribution is 2.33. The average Bonchev–Trinajstić information content (AvgIpc) is 3.10. The number of fused-ring (bicyclic) bond motifs is 1. The predicted molar refractivity (Wildman–Crippen MR) is 118 cm³/mol. The van der Waals surface area contributed by atoms with E-state index >= 15 is 0 Å². The van der Waals surface area contributed by atoms with Gasteiger partial charge in [0, 0.05) is 36.7 Å². The Balaban J connectivity index is 1.58. The van der Waals surface area contributed by atoms with Gasteiger partial charge >= 0.3 is 6.09 Å².